The van der Waals surface area contributed by atoms with Gasteiger partial charge in [-0.3, -0.25) is 9.58 Å². The summed E-state index contributed by atoms with van der Waals surface area (Å²) in [6, 6.07) is 0.598. The van der Waals surface area contributed by atoms with Crippen LogP contribution in [0.5, 0.6) is 0 Å². The average molecular weight is 317 g/mol. The van der Waals surface area contributed by atoms with Crippen LogP contribution in [0, 0.1) is 6.92 Å². The molecule has 1 aliphatic rings. The van der Waals surface area contributed by atoms with Crippen molar-refractivity contribution in [3.63, 3.8) is 0 Å². The Bertz CT molecular complexity index is 620. The Labute approximate surface area is 138 Å². The summed E-state index contributed by atoms with van der Waals surface area (Å²) in [7, 11) is 4.14. The lowest BCUT2D eigenvalue weighted by Crippen LogP contribution is -2.34. The zero-order chi connectivity index (χ0) is 16.2. The van der Waals surface area contributed by atoms with Crippen molar-refractivity contribution in [1.82, 2.24) is 24.6 Å². The molecular formula is C17H27N5O. The number of likely N-dealkylation sites (N-methyl/N-ethyl adjacent to an activating group) is 1. The Hall–Kier alpha value is -1.66. The average Bonchev–Trinajstić information content (AvgIpc) is 3.22. The minimum Gasteiger partial charge on any atom is -0.445 e. The maximum atomic E-state index is 5.58. The third-order valence-electron chi connectivity index (χ3n) is 4.62. The zero-order valence-electron chi connectivity index (χ0n) is 14.4. The summed E-state index contributed by atoms with van der Waals surface area (Å²) in [4.78, 5) is 9.24. The number of aryl methyl sites for hydroxylation is 3. The molecule has 3 rings (SSSR count). The molecule has 1 fully saturated rings. The highest BCUT2D eigenvalue weighted by Crippen LogP contribution is 2.17. The van der Waals surface area contributed by atoms with Gasteiger partial charge in [-0.25, -0.2) is 4.98 Å². The van der Waals surface area contributed by atoms with Crippen molar-refractivity contribution in [2.24, 2.45) is 7.05 Å². The first-order valence-corrected chi connectivity index (χ1v) is 8.41. The number of nitrogens with zero attached hydrogens (tertiary/aromatic N) is 5. The first kappa shape index (κ1) is 16.2. The molecule has 1 atom stereocenters. The van der Waals surface area contributed by atoms with Crippen molar-refractivity contribution in [2.45, 2.75) is 38.8 Å². The van der Waals surface area contributed by atoms with Crippen LogP contribution in [0.15, 0.2) is 23.0 Å². The molecule has 3 heterocycles. The number of aromatic nitrogens is 3. The first-order valence-electron chi connectivity index (χ1n) is 8.41. The van der Waals surface area contributed by atoms with E-state index in [0.29, 0.717) is 6.04 Å². The molecule has 6 heteroatoms. The van der Waals surface area contributed by atoms with Gasteiger partial charge in [0.05, 0.1) is 18.9 Å². The molecule has 1 saturated heterocycles. The smallest absolute Gasteiger partial charge is 0.208 e. The van der Waals surface area contributed by atoms with Gasteiger partial charge < -0.3 is 9.32 Å². The third kappa shape index (κ3) is 4.42. The Kier molecular flexibility index (Phi) is 5.13. The Morgan fingerprint density at radius 3 is 2.96 bits per heavy atom. The van der Waals surface area contributed by atoms with Crippen LogP contribution in [0.25, 0.3) is 0 Å². The van der Waals surface area contributed by atoms with Crippen molar-refractivity contribution in [2.75, 3.05) is 26.7 Å². The summed E-state index contributed by atoms with van der Waals surface area (Å²) in [5.74, 6) is 1.71. The lowest BCUT2D eigenvalue weighted by atomic mass is 10.2. The SMILES string of the molecule is Cc1cnc(CN(C)[C@H]2CCN(CCCc3cnn(C)c3)C2)o1. The van der Waals surface area contributed by atoms with Gasteiger partial charge in [0.25, 0.3) is 0 Å². The molecule has 0 unspecified atom stereocenters. The van der Waals surface area contributed by atoms with Crippen molar-refractivity contribution < 1.29 is 4.42 Å². The van der Waals surface area contributed by atoms with Gasteiger partial charge >= 0.3 is 0 Å². The molecule has 0 bridgehead atoms. The summed E-state index contributed by atoms with van der Waals surface area (Å²) >= 11 is 0. The summed E-state index contributed by atoms with van der Waals surface area (Å²) in [5.41, 5.74) is 1.33. The second-order valence-corrected chi connectivity index (χ2v) is 6.65. The Balaban J connectivity index is 1.39. The number of rotatable bonds is 7. The van der Waals surface area contributed by atoms with E-state index in [-0.39, 0.29) is 0 Å². The zero-order valence-corrected chi connectivity index (χ0v) is 14.4. The topological polar surface area (TPSA) is 50.3 Å². The van der Waals surface area contributed by atoms with Gasteiger partial charge in [-0.2, -0.15) is 5.10 Å². The number of oxazole rings is 1. The summed E-state index contributed by atoms with van der Waals surface area (Å²) in [5, 5.41) is 4.23. The predicted octanol–water partition coefficient (Wildman–Crippen LogP) is 1.86. The monoisotopic (exact) mass is 317 g/mol. The van der Waals surface area contributed by atoms with Crippen LogP contribution in [0.3, 0.4) is 0 Å². The van der Waals surface area contributed by atoms with Gasteiger partial charge in [0.15, 0.2) is 0 Å². The number of hydrogen-bond acceptors (Lipinski definition) is 5. The van der Waals surface area contributed by atoms with Crippen LogP contribution < -0.4 is 0 Å². The molecule has 0 N–H and O–H groups in total. The molecule has 2 aromatic heterocycles. The van der Waals surface area contributed by atoms with Crippen molar-refractivity contribution >= 4 is 0 Å². The van der Waals surface area contributed by atoms with Gasteiger partial charge in [-0.1, -0.05) is 0 Å². The molecule has 0 spiro atoms. The van der Waals surface area contributed by atoms with Crippen LogP contribution >= 0.6 is 0 Å². The minimum absolute atomic E-state index is 0.598. The molecule has 0 radical (unpaired) electrons. The molecule has 0 aliphatic carbocycles. The molecule has 0 amide bonds. The van der Waals surface area contributed by atoms with Crippen LogP contribution in [-0.4, -0.2) is 57.3 Å². The van der Waals surface area contributed by atoms with Gasteiger partial charge in [-0.15, -0.1) is 0 Å². The van der Waals surface area contributed by atoms with Crippen LogP contribution in [0.2, 0.25) is 0 Å². The highest BCUT2D eigenvalue weighted by Gasteiger charge is 2.26. The molecule has 0 saturated carbocycles. The van der Waals surface area contributed by atoms with E-state index < -0.39 is 0 Å². The summed E-state index contributed by atoms with van der Waals surface area (Å²) in [6.07, 6.45) is 9.41. The lowest BCUT2D eigenvalue weighted by molar-refractivity contribution is 0.205. The van der Waals surface area contributed by atoms with Gasteiger partial charge in [0.1, 0.15) is 5.76 Å². The van der Waals surface area contributed by atoms with E-state index in [0.717, 1.165) is 37.7 Å². The van der Waals surface area contributed by atoms with Gasteiger partial charge in [0.2, 0.25) is 5.89 Å². The summed E-state index contributed by atoms with van der Waals surface area (Å²) in [6.45, 7) is 6.23. The van der Waals surface area contributed by atoms with Crippen LogP contribution in [0.1, 0.15) is 30.1 Å². The lowest BCUT2D eigenvalue weighted by Gasteiger charge is -2.23. The number of likely N-dealkylation sites (tertiary alicyclic amines) is 1. The molecule has 0 aromatic carbocycles. The van der Waals surface area contributed by atoms with E-state index in [4.69, 9.17) is 4.42 Å². The van der Waals surface area contributed by atoms with E-state index in [1.807, 2.05) is 24.9 Å². The highest BCUT2D eigenvalue weighted by atomic mass is 16.4. The Morgan fingerprint density at radius 1 is 1.39 bits per heavy atom. The predicted molar refractivity (Wildman–Crippen MR) is 89.1 cm³/mol. The molecular weight excluding hydrogens is 290 g/mol. The van der Waals surface area contributed by atoms with Crippen molar-refractivity contribution in [3.05, 3.63) is 35.8 Å². The van der Waals surface area contributed by atoms with Crippen molar-refractivity contribution in [3.8, 4) is 0 Å². The van der Waals surface area contributed by atoms with Crippen LogP contribution in [0.4, 0.5) is 0 Å². The molecule has 2 aromatic rings. The second-order valence-electron chi connectivity index (χ2n) is 6.65. The molecule has 23 heavy (non-hydrogen) atoms. The number of hydrogen-bond donors (Lipinski definition) is 0. The maximum Gasteiger partial charge on any atom is 0.208 e. The van der Waals surface area contributed by atoms with E-state index in [2.05, 4.69) is 33.1 Å². The fraction of sp³-hybridized carbons (Fsp3) is 0.647. The van der Waals surface area contributed by atoms with Crippen molar-refractivity contribution in [1.29, 1.82) is 0 Å². The molecule has 1 aliphatic heterocycles. The van der Waals surface area contributed by atoms with Gasteiger partial charge in [0, 0.05) is 25.8 Å². The highest BCUT2D eigenvalue weighted by molar-refractivity contribution is 5.03. The fourth-order valence-corrected chi connectivity index (χ4v) is 3.30. The fourth-order valence-electron chi connectivity index (χ4n) is 3.30. The minimum atomic E-state index is 0.598. The maximum absolute atomic E-state index is 5.58. The van der Waals surface area contributed by atoms with Crippen LogP contribution in [-0.2, 0) is 20.0 Å². The second kappa shape index (κ2) is 7.27. The van der Waals surface area contributed by atoms with E-state index >= 15 is 0 Å². The first-order chi connectivity index (χ1) is 11.1. The molecule has 6 nitrogen and oxygen atoms in total. The van der Waals surface area contributed by atoms with E-state index in [9.17, 15) is 0 Å². The normalized spacial score (nSPS) is 19.0. The summed E-state index contributed by atoms with van der Waals surface area (Å²) < 4.78 is 7.46. The standard InChI is InChI=1S/C17H27N5O/c1-14-9-18-17(23-14)13-20(2)16-6-8-22(12-16)7-4-5-15-10-19-21(3)11-15/h9-11,16H,4-8,12-13H2,1-3H3/t16-/m0/s1. The molecule has 126 valence electrons. The third-order valence-corrected chi connectivity index (χ3v) is 4.62. The largest absolute Gasteiger partial charge is 0.445 e. The Morgan fingerprint density at radius 2 is 2.26 bits per heavy atom. The van der Waals surface area contributed by atoms with Gasteiger partial charge in [-0.05, 0) is 51.9 Å². The van der Waals surface area contributed by atoms with E-state index in [1.54, 1.807) is 6.20 Å². The van der Waals surface area contributed by atoms with E-state index in [1.165, 1.54) is 24.9 Å². The quantitative estimate of drug-likeness (QED) is 0.780.